The molecule has 1 fully saturated rings. The SMILES string of the molecule is O=C(O)c1ccc(CNOC2CCCC2)c(Br)c1. The minimum atomic E-state index is -0.919. The number of aromatic carboxylic acids is 1. The Kier molecular flexibility index (Phi) is 4.74. The van der Waals surface area contributed by atoms with Crippen molar-refractivity contribution in [1.29, 1.82) is 0 Å². The van der Waals surface area contributed by atoms with Gasteiger partial charge in [0.1, 0.15) is 0 Å². The minimum Gasteiger partial charge on any atom is -0.478 e. The lowest BCUT2D eigenvalue weighted by molar-refractivity contribution is -0.0244. The van der Waals surface area contributed by atoms with E-state index >= 15 is 0 Å². The molecule has 1 saturated carbocycles. The lowest BCUT2D eigenvalue weighted by Gasteiger charge is -2.12. The summed E-state index contributed by atoms with van der Waals surface area (Å²) in [5.41, 5.74) is 4.22. The lowest BCUT2D eigenvalue weighted by Crippen LogP contribution is -2.21. The number of nitrogens with one attached hydrogen (secondary N) is 1. The van der Waals surface area contributed by atoms with Crippen LogP contribution < -0.4 is 5.48 Å². The number of carboxylic acid groups (broad SMARTS) is 1. The first kappa shape index (κ1) is 13.5. The van der Waals surface area contributed by atoms with Crippen molar-refractivity contribution in [2.24, 2.45) is 0 Å². The summed E-state index contributed by atoms with van der Waals surface area (Å²) >= 11 is 3.37. The van der Waals surface area contributed by atoms with Crippen LogP contribution in [0.1, 0.15) is 41.6 Å². The molecule has 1 aromatic rings. The molecular weight excluding hydrogens is 298 g/mol. The summed E-state index contributed by atoms with van der Waals surface area (Å²) in [4.78, 5) is 16.3. The van der Waals surface area contributed by atoms with Crippen LogP contribution in [0.5, 0.6) is 0 Å². The molecule has 2 N–H and O–H groups in total. The van der Waals surface area contributed by atoms with E-state index in [-0.39, 0.29) is 5.56 Å². The van der Waals surface area contributed by atoms with Gasteiger partial charge >= 0.3 is 5.97 Å². The molecule has 0 spiro atoms. The molecule has 1 aliphatic carbocycles. The van der Waals surface area contributed by atoms with Crippen LogP contribution >= 0.6 is 15.9 Å². The fourth-order valence-electron chi connectivity index (χ4n) is 2.07. The molecule has 0 aliphatic heterocycles. The highest BCUT2D eigenvalue weighted by atomic mass is 79.9. The van der Waals surface area contributed by atoms with Crippen molar-refractivity contribution in [1.82, 2.24) is 5.48 Å². The van der Waals surface area contributed by atoms with E-state index in [0.29, 0.717) is 12.6 Å². The molecule has 1 aliphatic rings. The van der Waals surface area contributed by atoms with Gasteiger partial charge in [-0.1, -0.05) is 34.8 Å². The van der Waals surface area contributed by atoms with Gasteiger partial charge in [-0.05, 0) is 30.5 Å². The second-order valence-corrected chi connectivity index (χ2v) is 5.31. The Morgan fingerprint density at radius 3 is 2.78 bits per heavy atom. The highest BCUT2D eigenvalue weighted by Gasteiger charge is 2.15. The third-order valence-corrected chi connectivity index (χ3v) is 3.85. The second-order valence-electron chi connectivity index (χ2n) is 4.46. The molecule has 0 aromatic heterocycles. The van der Waals surface area contributed by atoms with Crippen LogP contribution in [0.25, 0.3) is 0 Å². The van der Waals surface area contributed by atoms with Crippen LogP contribution in [-0.2, 0) is 11.4 Å². The number of carboxylic acids is 1. The van der Waals surface area contributed by atoms with Crippen LogP contribution in [0.15, 0.2) is 22.7 Å². The Balaban J connectivity index is 1.87. The molecule has 0 bridgehead atoms. The van der Waals surface area contributed by atoms with E-state index in [2.05, 4.69) is 21.4 Å². The highest BCUT2D eigenvalue weighted by molar-refractivity contribution is 9.10. The number of halogens is 1. The maximum absolute atomic E-state index is 10.8. The van der Waals surface area contributed by atoms with Gasteiger partial charge in [0, 0.05) is 11.0 Å². The van der Waals surface area contributed by atoms with E-state index in [1.165, 1.54) is 12.8 Å². The van der Waals surface area contributed by atoms with Gasteiger partial charge in [-0.3, -0.25) is 4.84 Å². The van der Waals surface area contributed by atoms with Crippen LogP contribution in [-0.4, -0.2) is 17.2 Å². The first-order valence-corrected chi connectivity index (χ1v) is 6.86. The fourth-order valence-corrected chi connectivity index (χ4v) is 2.59. The van der Waals surface area contributed by atoms with Gasteiger partial charge in [-0.2, -0.15) is 5.48 Å². The molecule has 0 heterocycles. The molecule has 4 nitrogen and oxygen atoms in total. The summed E-state index contributed by atoms with van der Waals surface area (Å²) in [5, 5.41) is 8.86. The van der Waals surface area contributed by atoms with Crippen LogP contribution in [0.3, 0.4) is 0 Å². The maximum atomic E-state index is 10.8. The standard InChI is InChI=1S/C13H16BrNO3/c14-12-7-9(13(16)17)5-6-10(12)8-15-18-11-3-1-2-4-11/h5-7,11,15H,1-4,8H2,(H,16,17). The Hall–Kier alpha value is -0.910. The first-order valence-electron chi connectivity index (χ1n) is 6.07. The Labute approximate surface area is 114 Å². The van der Waals surface area contributed by atoms with Crippen molar-refractivity contribution in [3.63, 3.8) is 0 Å². The highest BCUT2D eigenvalue weighted by Crippen LogP contribution is 2.21. The van der Waals surface area contributed by atoms with E-state index in [9.17, 15) is 4.79 Å². The summed E-state index contributed by atoms with van der Waals surface area (Å²) in [6.07, 6.45) is 5.03. The molecule has 0 radical (unpaired) electrons. The van der Waals surface area contributed by atoms with Crippen molar-refractivity contribution in [3.8, 4) is 0 Å². The summed E-state index contributed by atoms with van der Waals surface area (Å²) in [6.45, 7) is 0.566. The Bertz CT molecular complexity index is 430. The van der Waals surface area contributed by atoms with Gasteiger partial charge in [0.2, 0.25) is 0 Å². The van der Waals surface area contributed by atoms with Crippen molar-refractivity contribution in [3.05, 3.63) is 33.8 Å². The second kappa shape index (κ2) is 6.31. The Morgan fingerprint density at radius 2 is 2.17 bits per heavy atom. The number of hydrogen-bond acceptors (Lipinski definition) is 3. The Morgan fingerprint density at radius 1 is 1.44 bits per heavy atom. The normalized spacial score (nSPS) is 16.1. The van der Waals surface area contributed by atoms with Crippen molar-refractivity contribution >= 4 is 21.9 Å². The summed E-state index contributed by atoms with van der Waals surface area (Å²) in [5.74, 6) is -0.919. The van der Waals surface area contributed by atoms with Gasteiger partial charge in [0.25, 0.3) is 0 Å². The van der Waals surface area contributed by atoms with Crippen molar-refractivity contribution < 1.29 is 14.7 Å². The fraction of sp³-hybridized carbons (Fsp3) is 0.462. The zero-order valence-corrected chi connectivity index (χ0v) is 11.6. The third kappa shape index (κ3) is 3.54. The number of hydroxylamine groups is 1. The van der Waals surface area contributed by atoms with E-state index < -0.39 is 5.97 Å². The number of hydrogen-bond donors (Lipinski definition) is 2. The molecule has 5 heteroatoms. The minimum absolute atomic E-state index is 0.280. The zero-order chi connectivity index (χ0) is 13.0. The van der Waals surface area contributed by atoms with E-state index in [1.54, 1.807) is 18.2 Å². The average molecular weight is 314 g/mol. The first-order chi connectivity index (χ1) is 8.66. The van der Waals surface area contributed by atoms with E-state index in [0.717, 1.165) is 22.9 Å². The number of carbonyl (C=O) groups is 1. The molecule has 0 saturated heterocycles. The molecule has 2 rings (SSSR count). The molecule has 0 atom stereocenters. The molecule has 0 amide bonds. The van der Waals surface area contributed by atoms with E-state index in [4.69, 9.17) is 9.94 Å². The monoisotopic (exact) mass is 313 g/mol. The van der Waals surface area contributed by atoms with Crippen molar-refractivity contribution in [2.75, 3.05) is 0 Å². The smallest absolute Gasteiger partial charge is 0.335 e. The lowest BCUT2D eigenvalue weighted by atomic mass is 10.1. The molecule has 98 valence electrons. The summed E-state index contributed by atoms with van der Waals surface area (Å²) in [7, 11) is 0. The van der Waals surface area contributed by atoms with Crippen molar-refractivity contribution in [2.45, 2.75) is 38.3 Å². The summed E-state index contributed by atoms with van der Waals surface area (Å²) in [6, 6.07) is 4.99. The quantitative estimate of drug-likeness (QED) is 0.820. The number of benzene rings is 1. The molecule has 0 unspecified atom stereocenters. The predicted molar refractivity (Wildman–Crippen MR) is 71.3 cm³/mol. The van der Waals surface area contributed by atoms with Gasteiger partial charge in [-0.25, -0.2) is 4.79 Å². The van der Waals surface area contributed by atoms with Crippen LogP contribution in [0.4, 0.5) is 0 Å². The maximum Gasteiger partial charge on any atom is 0.335 e. The van der Waals surface area contributed by atoms with E-state index in [1.807, 2.05) is 0 Å². The van der Waals surface area contributed by atoms with Gasteiger partial charge in [-0.15, -0.1) is 0 Å². The largest absolute Gasteiger partial charge is 0.478 e. The van der Waals surface area contributed by atoms with Gasteiger partial charge < -0.3 is 5.11 Å². The van der Waals surface area contributed by atoms with Crippen LogP contribution in [0, 0.1) is 0 Å². The van der Waals surface area contributed by atoms with Gasteiger partial charge in [0.15, 0.2) is 0 Å². The van der Waals surface area contributed by atoms with Gasteiger partial charge in [0.05, 0.1) is 11.7 Å². The predicted octanol–water partition coefficient (Wildman–Crippen LogP) is 3.11. The third-order valence-electron chi connectivity index (χ3n) is 3.11. The molecular formula is C13H16BrNO3. The zero-order valence-electron chi connectivity index (χ0n) is 9.99. The van der Waals surface area contributed by atoms with Crippen LogP contribution in [0.2, 0.25) is 0 Å². The topological polar surface area (TPSA) is 58.6 Å². The average Bonchev–Trinajstić information content (AvgIpc) is 2.84. The molecule has 18 heavy (non-hydrogen) atoms. The molecule has 1 aromatic carbocycles. The number of rotatable bonds is 5. The summed E-state index contributed by atoms with van der Waals surface area (Å²) < 4.78 is 0.782.